The summed E-state index contributed by atoms with van der Waals surface area (Å²) in [5.74, 6) is -5.07. The van der Waals surface area contributed by atoms with Crippen molar-refractivity contribution >= 4 is 29.7 Å². The topological polar surface area (TPSA) is 214 Å². The zero-order valence-corrected chi connectivity index (χ0v) is 16.6. The standard InChI is InChI=1S/C17H31N5O7/c1-9(2)14(19)16(27)20-8-12(23)21-10(5-3-4-6-18)15(26)22-11(17(28)29)7-13(24)25/h9-11,14H,3-8,18-19H2,1-2H3,(H,20,27)(H,21,23)(H,22,26)(H,24,25)(H,28,29). The van der Waals surface area contributed by atoms with Crippen molar-refractivity contribution in [2.75, 3.05) is 13.1 Å². The van der Waals surface area contributed by atoms with Crippen LogP contribution in [-0.2, 0) is 24.0 Å². The van der Waals surface area contributed by atoms with Gasteiger partial charge in [0, 0.05) is 0 Å². The molecule has 12 nitrogen and oxygen atoms in total. The minimum Gasteiger partial charge on any atom is -0.481 e. The van der Waals surface area contributed by atoms with E-state index in [-0.39, 0.29) is 12.3 Å². The quantitative estimate of drug-likeness (QED) is 0.152. The molecule has 0 radical (unpaired) electrons. The molecule has 3 unspecified atom stereocenters. The van der Waals surface area contributed by atoms with Crippen LogP contribution >= 0.6 is 0 Å². The van der Waals surface area contributed by atoms with E-state index in [1.165, 1.54) is 0 Å². The van der Waals surface area contributed by atoms with Crippen molar-refractivity contribution in [2.24, 2.45) is 17.4 Å². The van der Waals surface area contributed by atoms with Crippen molar-refractivity contribution in [3.05, 3.63) is 0 Å². The van der Waals surface area contributed by atoms with Crippen LogP contribution in [0.25, 0.3) is 0 Å². The lowest BCUT2D eigenvalue weighted by atomic mass is 10.1. The van der Waals surface area contributed by atoms with Crippen LogP contribution in [0.15, 0.2) is 0 Å². The van der Waals surface area contributed by atoms with Gasteiger partial charge in [0.05, 0.1) is 19.0 Å². The lowest BCUT2D eigenvalue weighted by molar-refractivity contribution is -0.147. The monoisotopic (exact) mass is 417 g/mol. The summed E-state index contributed by atoms with van der Waals surface area (Å²) in [6, 6.07) is -3.54. The predicted molar refractivity (Wildman–Crippen MR) is 102 cm³/mol. The van der Waals surface area contributed by atoms with Crippen LogP contribution in [0.2, 0.25) is 0 Å². The maximum atomic E-state index is 12.4. The third-order valence-corrected chi connectivity index (χ3v) is 4.04. The van der Waals surface area contributed by atoms with Crippen LogP contribution in [0.5, 0.6) is 0 Å². The number of carboxylic acids is 2. The highest BCUT2D eigenvalue weighted by Crippen LogP contribution is 2.03. The molecule has 0 saturated heterocycles. The van der Waals surface area contributed by atoms with Crippen molar-refractivity contribution in [1.29, 1.82) is 0 Å². The lowest BCUT2D eigenvalue weighted by Crippen LogP contribution is -2.54. The number of amides is 3. The van der Waals surface area contributed by atoms with E-state index in [0.29, 0.717) is 19.4 Å². The molecule has 0 aromatic rings. The number of nitrogens with one attached hydrogen (secondary N) is 3. The summed E-state index contributed by atoms with van der Waals surface area (Å²) >= 11 is 0. The van der Waals surface area contributed by atoms with E-state index >= 15 is 0 Å². The van der Waals surface area contributed by atoms with Crippen LogP contribution in [0.3, 0.4) is 0 Å². The summed E-state index contributed by atoms with van der Waals surface area (Å²) in [5, 5.41) is 24.7. The molecular formula is C17H31N5O7. The second-order valence-corrected chi connectivity index (χ2v) is 6.89. The van der Waals surface area contributed by atoms with Gasteiger partial charge in [-0.25, -0.2) is 4.79 Å². The van der Waals surface area contributed by atoms with Crippen molar-refractivity contribution in [3.8, 4) is 0 Å². The van der Waals surface area contributed by atoms with Gasteiger partial charge in [0.15, 0.2) is 0 Å². The highest BCUT2D eigenvalue weighted by atomic mass is 16.4. The number of carbonyl (C=O) groups is 5. The highest BCUT2D eigenvalue weighted by Gasteiger charge is 2.28. The fraction of sp³-hybridized carbons (Fsp3) is 0.706. The van der Waals surface area contributed by atoms with E-state index in [2.05, 4.69) is 16.0 Å². The van der Waals surface area contributed by atoms with Crippen LogP contribution in [-0.4, -0.2) is 71.1 Å². The van der Waals surface area contributed by atoms with Gasteiger partial charge in [-0.2, -0.15) is 0 Å². The molecule has 0 aliphatic carbocycles. The molecule has 0 aromatic heterocycles. The van der Waals surface area contributed by atoms with E-state index < -0.39 is 60.8 Å². The van der Waals surface area contributed by atoms with Gasteiger partial charge < -0.3 is 37.6 Å². The number of carboxylic acid groups (broad SMARTS) is 2. The Labute approximate surface area is 168 Å². The van der Waals surface area contributed by atoms with Crippen molar-refractivity contribution in [2.45, 2.75) is 57.7 Å². The average Bonchev–Trinajstić information content (AvgIpc) is 2.63. The number of aliphatic carboxylic acids is 2. The average molecular weight is 417 g/mol. The van der Waals surface area contributed by atoms with Gasteiger partial charge in [0.25, 0.3) is 0 Å². The minimum atomic E-state index is -1.64. The Morgan fingerprint density at radius 2 is 1.55 bits per heavy atom. The van der Waals surface area contributed by atoms with Gasteiger partial charge >= 0.3 is 11.9 Å². The molecule has 166 valence electrons. The summed E-state index contributed by atoms with van der Waals surface area (Å²) in [6.45, 7) is 3.44. The zero-order chi connectivity index (χ0) is 22.6. The van der Waals surface area contributed by atoms with E-state index in [0.717, 1.165) is 0 Å². The molecule has 3 amide bonds. The first-order chi connectivity index (χ1) is 13.5. The van der Waals surface area contributed by atoms with Gasteiger partial charge in [0.2, 0.25) is 17.7 Å². The Morgan fingerprint density at radius 1 is 0.931 bits per heavy atom. The van der Waals surface area contributed by atoms with Gasteiger partial charge in [-0.3, -0.25) is 19.2 Å². The maximum absolute atomic E-state index is 12.4. The van der Waals surface area contributed by atoms with Crippen molar-refractivity contribution in [3.63, 3.8) is 0 Å². The van der Waals surface area contributed by atoms with E-state index in [1.54, 1.807) is 13.8 Å². The molecule has 12 heteroatoms. The molecule has 0 rings (SSSR count). The number of unbranched alkanes of at least 4 members (excludes halogenated alkanes) is 1. The molecule has 3 atom stereocenters. The fourth-order valence-electron chi connectivity index (χ4n) is 2.24. The Bertz CT molecular complexity index is 597. The minimum absolute atomic E-state index is 0.130. The summed E-state index contributed by atoms with van der Waals surface area (Å²) in [4.78, 5) is 58.2. The smallest absolute Gasteiger partial charge is 0.326 e. The molecule has 29 heavy (non-hydrogen) atoms. The molecule has 0 saturated carbocycles. The Kier molecular flexibility index (Phi) is 12.2. The summed E-state index contributed by atoms with van der Waals surface area (Å²) in [5.41, 5.74) is 11.1. The summed E-state index contributed by atoms with van der Waals surface area (Å²) in [7, 11) is 0. The van der Waals surface area contributed by atoms with Gasteiger partial charge in [0.1, 0.15) is 12.1 Å². The third-order valence-electron chi connectivity index (χ3n) is 4.04. The normalized spacial score (nSPS) is 13.8. The molecule has 0 aliphatic heterocycles. The van der Waals surface area contributed by atoms with Crippen LogP contribution in [0, 0.1) is 5.92 Å². The second kappa shape index (κ2) is 13.4. The number of carbonyl (C=O) groups excluding carboxylic acids is 3. The van der Waals surface area contributed by atoms with E-state index in [1.807, 2.05) is 0 Å². The van der Waals surface area contributed by atoms with Gasteiger partial charge in [-0.15, -0.1) is 0 Å². The van der Waals surface area contributed by atoms with Gasteiger partial charge in [-0.1, -0.05) is 13.8 Å². The Balaban J connectivity index is 4.95. The van der Waals surface area contributed by atoms with Crippen molar-refractivity contribution < 1.29 is 34.2 Å². The maximum Gasteiger partial charge on any atom is 0.326 e. The highest BCUT2D eigenvalue weighted by molar-refractivity contribution is 5.93. The lowest BCUT2D eigenvalue weighted by Gasteiger charge is -2.21. The zero-order valence-electron chi connectivity index (χ0n) is 16.6. The van der Waals surface area contributed by atoms with Crippen LogP contribution < -0.4 is 27.4 Å². The first-order valence-corrected chi connectivity index (χ1v) is 9.27. The molecule has 0 spiro atoms. The van der Waals surface area contributed by atoms with Crippen LogP contribution in [0.4, 0.5) is 0 Å². The number of rotatable bonds is 14. The number of hydrogen-bond donors (Lipinski definition) is 7. The van der Waals surface area contributed by atoms with E-state index in [9.17, 15) is 24.0 Å². The third kappa shape index (κ3) is 11.0. The molecule has 0 fully saturated rings. The number of hydrogen-bond acceptors (Lipinski definition) is 7. The first-order valence-electron chi connectivity index (χ1n) is 9.27. The first kappa shape index (κ1) is 26.3. The molecule has 0 heterocycles. The van der Waals surface area contributed by atoms with Gasteiger partial charge in [-0.05, 0) is 31.7 Å². The molecule has 0 bridgehead atoms. The molecule has 0 aliphatic rings. The summed E-state index contributed by atoms with van der Waals surface area (Å²) < 4.78 is 0. The Morgan fingerprint density at radius 3 is 2.03 bits per heavy atom. The molecule has 0 aromatic carbocycles. The Hall–Kier alpha value is -2.73. The molecular weight excluding hydrogens is 386 g/mol. The van der Waals surface area contributed by atoms with E-state index in [4.69, 9.17) is 21.7 Å². The van der Waals surface area contributed by atoms with Crippen molar-refractivity contribution in [1.82, 2.24) is 16.0 Å². The fourth-order valence-corrected chi connectivity index (χ4v) is 2.24. The SMILES string of the molecule is CC(C)C(N)C(=O)NCC(=O)NC(CCCCN)C(=O)NC(CC(=O)O)C(=O)O. The largest absolute Gasteiger partial charge is 0.481 e. The predicted octanol–water partition coefficient (Wildman–Crippen LogP) is -2.26. The molecule has 9 N–H and O–H groups in total. The number of nitrogens with two attached hydrogens (primary N) is 2. The second-order valence-electron chi connectivity index (χ2n) is 6.89. The summed E-state index contributed by atoms with van der Waals surface area (Å²) in [6.07, 6.45) is 0.383. The van der Waals surface area contributed by atoms with Crippen LogP contribution in [0.1, 0.15) is 39.5 Å².